The molecule has 0 aliphatic heterocycles. The number of esters is 1. The lowest BCUT2D eigenvalue weighted by atomic mass is 9.84. The third-order valence-electron chi connectivity index (χ3n) is 5.24. The monoisotopic (exact) mass is 396 g/mol. The molecule has 0 saturated heterocycles. The van der Waals surface area contributed by atoms with Crippen molar-refractivity contribution in [2.75, 3.05) is 6.61 Å². The Morgan fingerprint density at radius 2 is 1.93 bits per heavy atom. The molecule has 29 heavy (non-hydrogen) atoms. The molecule has 0 unspecified atom stereocenters. The molecule has 2 aromatic heterocycles. The topological polar surface area (TPSA) is 98.6 Å². The minimum absolute atomic E-state index is 0.0537. The fraction of sp³-hybridized carbons (Fsp3) is 0.429. The highest BCUT2D eigenvalue weighted by Crippen LogP contribution is 2.33. The molecule has 8 heteroatoms. The summed E-state index contributed by atoms with van der Waals surface area (Å²) in [6.45, 7) is 2.15. The lowest BCUT2D eigenvalue weighted by Crippen LogP contribution is -2.44. The highest BCUT2D eigenvalue weighted by atomic mass is 16.6. The van der Waals surface area contributed by atoms with Gasteiger partial charge in [-0.15, -0.1) is 0 Å². The van der Waals surface area contributed by atoms with E-state index in [0.717, 1.165) is 24.8 Å². The van der Waals surface area contributed by atoms with Gasteiger partial charge in [0.1, 0.15) is 0 Å². The molecule has 1 aromatic carbocycles. The first-order valence-electron chi connectivity index (χ1n) is 9.96. The summed E-state index contributed by atoms with van der Waals surface area (Å²) >= 11 is 0. The molecule has 3 aromatic rings. The van der Waals surface area contributed by atoms with E-state index in [-0.39, 0.29) is 23.9 Å². The van der Waals surface area contributed by atoms with Gasteiger partial charge in [-0.1, -0.05) is 36.8 Å². The van der Waals surface area contributed by atoms with Crippen LogP contribution in [0.2, 0.25) is 0 Å². The standard InChI is InChI=1S/C21H24N4O4/c1-2-28-19(27)21(11-7-4-8-12-21)29-14-16-13-17(26)25-20(22-16)23-18(24-25)15-9-5-3-6-10-15/h3,5-6,9-10,13H,2,4,7-8,11-12,14H2,1H3,(H,22,23,24). The van der Waals surface area contributed by atoms with Gasteiger partial charge in [0.05, 0.1) is 18.9 Å². The Morgan fingerprint density at radius 1 is 1.17 bits per heavy atom. The number of rotatable bonds is 6. The van der Waals surface area contributed by atoms with E-state index in [1.807, 2.05) is 30.3 Å². The Balaban J connectivity index is 1.59. The van der Waals surface area contributed by atoms with Crippen LogP contribution in [0, 0.1) is 0 Å². The number of carbonyl (C=O) groups excluding carboxylic acids is 1. The molecule has 1 N–H and O–H groups in total. The molecular weight excluding hydrogens is 372 g/mol. The summed E-state index contributed by atoms with van der Waals surface area (Å²) in [6, 6.07) is 10.9. The smallest absolute Gasteiger partial charge is 0.338 e. The molecule has 1 aliphatic carbocycles. The number of H-pyrrole nitrogens is 1. The van der Waals surface area contributed by atoms with Gasteiger partial charge in [0, 0.05) is 11.6 Å². The molecule has 0 atom stereocenters. The van der Waals surface area contributed by atoms with Crippen LogP contribution in [0.1, 0.15) is 44.7 Å². The molecule has 0 bridgehead atoms. The molecule has 8 nitrogen and oxygen atoms in total. The maximum absolute atomic E-state index is 12.5. The Morgan fingerprint density at radius 3 is 2.66 bits per heavy atom. The highest BCUT2D eigenvalue weighted by Gasteiger charge is 2.42. The van der Waals surface area contributed by atoms with E-state index in [2.05, 4.69) is 15.1 Å². The molecule has 4 rings (SSSR count). The molecule has 2 heterocycles. The first kappa shape index (κ1) is 19.3. The lowest BCUT2D eigenvalue weighted by molar-refractivity contribution is -0.179. The summed E-state index contributed by atoms with van der Waals surface area (Å²) in [4.78, 5) is 33.9. The van der Waals surface area contributed by atoms with Crippen LogP contribution >= 0.6 is 0 Å². The number of hydrogen-bond donors (Lipinski definition) is 1. The molecule has 1 saturated carbocycles. The van der Waals surface area contributed by atoms with Crippen LogP contribution in [0.3, 0.4) is 0 Å². The molecule has 1 fully saturated rings. The van der Waals surface area contributed by atoms with E-state index in [9.17, 15) is 9.59 Å². The quantitative estimate of drug-likeness (QED) is 0.643. The fourth-order valence-corrected chi connectivity index (χ4v) is 3.73. The fourth-order valence-electron chi connectivity index (χ4n) is 3.73. The van der Waals surface area contributed by atoms with Crippen molar-refractivity contribution >= 4 is 11.7 Å². The minimum atomic E-state index is -0.956. The molecule has 1 aliphatic rings. The van der Waals surface area contributed by atoms with Crippen molar-refractivity contribution in [3.63, 3.8) is 0 Å². The predicted octanol–water partition coefficient (Wildman–Crippen LogP) is 2.87. The van der Waals surface area contributed by atoms with Crippen molar-refractivity contribution in [1.29, 1.82) is 0 Å². The molecule has 0 radical (unpaired) electrons. The molecule has 152 valence electrons. The van der Waals surface area contributed by atoms with Crippen molar-refractivity contribution in [3.05, 3.63) is 52.4 Å². The minimum Gasteiger partial charge on any atom is -0.464 e. The summed E-state index contributed by atoms with van der Waals surface area (Å²) in [6.07, 6.45) is 4.13. The number of ether oxygens (including phenoxy) is 2. The summed E-state index contributed by atoms with van der Waals surface area (Å²) < 4.78 is 12.6. The van der Waals surface area contributed by atoms with Gasteiger partial charge in [-0.2, -0.15) is 9.50 Å². The largest absolute Gasteiger partial charge is 0.464 e. The van der Waals surface area contributed by atoms with Crippen LogP contribution < -0.4 is 5.56 Å². The van der Waals surface area contributed by atoms with Gasteiger partial charge in [0.25, 0.3) is 11.3 Å². The van der Waals surface area contributed by atoms with E-state index in [1.54, 1.807) is 6.92 Å². The zero-order chi connectivity index (χ0) is 20.3. The average Bonchev–Trinajstić information content (AvgIpc) is 3.19. The average molecular weight is 396 g/mol. The Kier molecular flexibility index (Phi) is 5.44. The van der Waals surface area contributed by atoms with Gasteiger partial charge in [0.2, 0.25) is 0 Å². The number of nitrogens with one attached hydrogen (secondary N) is 1. The van der Waals surface area contributed by atoms with Gasteiger partial charge < -0.3 is 9.47 Å². The Bertz CT molecular complexity index is 1050. The number of fused-ring (bicyclic) bond motifs is 1. The van der Waals surface area contributed by atoms with E-state index >= 15 is 0 Å². The maximum Gasteiger partial charge on any atom is 0.338 e. The van der Waals surface area contributed by atoms with Crippen LogP contribution in [0.5, 0.6) is 0 Å². The number of hydrogen-bond acceptors (Lipinski definition) is 6. The van der Waals surface area contributed by atoms with E-state index in [0.29, 0.717) is 31.0 Å². The van der Waals surface area contributed by atoms with Crippen LogP contribution in [-0.4, -0.2) is 37.8 Å². The van der Waals surface area contributed by atoms with Crippen molar-refractivity contribution in [2.45, 2.75) is 51.2 Å². The number of aromatic nitrogens is 4. The van der Waals surface area contributed by atoms with Crippen LogP contribution in [0.4, 0.5) is 0 Å². The van der Waals surface area contributed by atoms with E-state index in [4.69, 9.17) is 9.47 Å². The number of nitrogens with zero attached hydrogens (tertiary/aromatic N) is 3. The van der Waals surface area contributed by atoms with Gasteiger partial charge in [0.15, 0.2) is 11.4 Å². The van der Waals surface area contributed by atoms with Gasteiger partial charge in [-0.25, -0.2) is 9.78 Å². The Labute approximate surface area is 167 Å². The Hall–Kier alpha value is -3.00. The van der Waals surface area contributed by atoms with E-state index < -0.39 is 5.60 Å². The van der Waals surface area contributed by atoms with Crippen molar-refractivity contribution in [1.82, 2.24) is 19.6 Å². The van der Waals surface area contributed by atoms with Crippen molar-refractivity contribution in [3.8, 4) is 11.4 Å². The van der Waals surface area contributed by atoms with Crippen LogP contribution in [0.15, 0.2) is 41.2 Å². The van der Waals surface area contributed by atoms with Gasteiger partial charge >= 0.3 is 5.97 Å². The van der Waals surface area contributed by atoms with Crippen molar-refractivity contribution < 1.29 is 14.3 Å². The number of carbonyl (C=O) groups is 1. The third kappa shape index (κ3) is 3.93. The number of benzene rings is 1. The predicted molar refractivity (Wildman–Crippen MR) is 106 cm³/mol. The SMILES string of the molecule is CCOC(=O)C1(OCc2cc(=O)n3[nH]c(-c4ccccc4)nc3n2)CCCCC1. The second kappa shape index (κ2) is 8.16. The van der Waals surface area contributed by atoms with E-state index in [1.165, 1.54) is 10.6 Å². The summed E-state index contributed by atoms with van der Waals surface area (Å²) in [5, 5.41) is 2.97. The number of aromatic amines is 1. The third-order valence-corrected chi connectivity index (χ3v) is 5.24. The second-order valence-electron chi connectivity index (χ2n) is 7.22. The lowest BCUT2D eigenvalue weighted by Gasteiger charge is -2.34. The van der Waals surface area contributed by atoms with Gasteiger partial charge in [-0.05, 0) is 32.6 Å². The van der Waals surface area contributed by atoms with Crippen molar-refractivity contribution in [2.24, 2.45) is 0 Å². The molecule has 0 spiro atoms. The summed E-state index contributed by atoms with van der Waals surface area (Å²) in [5.41, 5.74) is 0.0631. The molecular formula is C21H24N4O4. The summed E-state index contributed by atoms with van der Waals surface area (Å²) in [5.74, 6) is 0.496. The normalized spacial score (nSPS) is 16.0. The van der Waals surface area contributed by atoms with Crippen LogP contribution in [-0.2, 0) is 20.9 Å². The highest BCUT2D eigenvalue weighted by molar-refractivity contribution is 5.79. The van der Waals surface area contributed by atoms with Crippen LogP contribution in [0.25, 0.3) is 17.2 Å². The zero-order valence-electron chi connectivity index (χ0n) is 16.4. The maximum atomic E-state index is 12.5. The zero-order valence-corrected chi connectivity index (χ0v) is 16.4. The van der Waals surface area contributed by atoms with Gasteiger partial charge in [-0.3, -0.25) is 9.89 Å². The first-order valence-corrected chi connectivity index (χ1v) is 9.96. The summed E-state index contributed by atoms with van der Waals surface area (Å²) in [7, 11) is 0. The first-order chi connectivity index (χ1) is 14.1. The second-order valence-corrected chi connectivity index (χ2v) is 7.22. The molecule has 0 amide bonds.